The number of furan rings is 1. The molecule has 1 aliphatic rings. The maximum absolute atomic E-state index is 13.4. The molecule has 1 aliphatic carbocycles. The third kappa shape index (κ3) is 3.79. The van der Waals surface area contributed by atoms with Crippen molar-refractivity contribution in [1.29, 1.82) is 0 Å². The van der Waals surface area contributed by atoms with Crippen LogP contribution in [0.15, 0.2) is 125 Å². The zero-order chi connectivity index (χ0) is 26.5. The Morgan fingerprint density at radius 3 is 2.08 bits per heavy atom. The molecule has 0 fully saturated rings. The lowest BCUT2D eigenvalue weighted by Gasteiger charge is -2.14. The first-order valence-electron chi connectivity index (χ1n) is 12.9. The number of hydrogen-bond acceptors (Lipinski definition) is 3. The summed E-state index contributed by atoms with van der Waals surface area (Å²) >= 11 is 0. The average molecular weight is 503 g/mol. The van der Waals surface area contributed by atoms with Gasteiger partial charge in [0.2, 0.25) is 0 Å². The van der Waals surface area contributed by atoms with E-state index in [1.54, 1.807) is 18.2 Å². The van der Waals surface area contributed by atoms with E-state index in [0.717, 1.165) is 39.1 Å². The molecule has 0 saturated carbocycles. The molecule has 0 bridgehead atoms. The van der Waals surface area contributed by atoms with Crippen molar-refractivity contribution >= 4 is 42.1 Å². The van der Waals surface area contributed by atoms with Gasteiger partial charge in [0.15, 0.2) is 17.1 Å². The number of nitrogens with zero attached hydrogens (tertiary/aromatic N) is 1. The van der Waals surface area contributed by atoms with Gasteiger partial charge < -0.3 is 8.98 Å². The largest absolute Gasteiger partial charge is 0.454 e. The third-order valence-electron chi connectivity index (χ3n) is 7.25. The van der Waals surface area contributed by atoms with Crippen molar-refractivity contribution in [2.75, 3.05) is 0 Å². The topological polar surface area (TPSA) is 52.2 Å². The van der Waals surface area contributed by atoms with Crippen LogP contribution in [0.25, 0.3) is 45.3 Å². The summed E-state index contributed by atoms with van der Waals surface area (Å²) in [6, 6.07) is 37.6. The molecule has 4 nitrogen and oxygen atoms in total. The summed E-state index contributed by atoms with van der Waals surface area (Å²) in [5.41, 5.74) is 8.26. The molecule has 184 valence electrons. The summed E-state index contributed by atoms with van der Waals surface area (Å²) < 4.78 is 8.40. The fourth-order valence-corrected chi connectivity index (χ4v) is 5.38. The van der Waals surface area contributed by atoms with Crippen LogP contribution in [0.2, 0.25) is 0 Å². The SMILES string of the molecule is Bc1ccc2c(c1)C(=O)/C(=C\c1cc3oc(-c4ccccc4)cc3n1-c1ccccc1-c1ccccc1)C2=O. The first kappa shape index (κ1) is 23.0. The molecule has 0 N–H and O–H groups in total. The number of carbonyl (C=O) groups excluding carboxylic acids is 2. The van der Waals surface area contributed by atoms with E-state index in [1.165, 1.54) is 0 Å². The average Bonchev–Trinajstić information content (AvgIpc) is 3.60. The molecule has 2 aromatic heterocycles. The molecule has 0 radical (unpaired) electrons. The van der Waals surface area contributed by atoms with E-state index >= 15 is 0 Å². The van der Waals surface area contributed by atoms with E-state index in [0.29, 0.717) is 22.4 Å². The quantitative estimate of drug-likeness (QED) is 0.162. The molecular formula is C34H22BNO3. The minimum atomic E-state index is -0.249. The minimum absolute atomic E-state index is 0.164. The maximum Gasteiger partial charge on any atom is 0.197 e. The Morgan fingerprint density at radius 1 is 0.641 bits per heavy atom. The fourth-order valence-electron chi connectivity index (χ4n) is 5.38. The lowest BCUT2D eigenvalue weighted by molar-refractivity contribution is 0.0990. The molecule has 39 heavy (non-hydrogen) atoms. The monoisotopic (exact) mass is 503 g/mol. The number of ketones is 2. The lowest BCUT2D eigenvalue weighted by atomic mass is 9.92. The highest BCUT2D eigenvalue weighted by atomic mass is 16.3. The summed E-state index contributed by atoms with van der Waals surface area (Å²) in [6.07, 6.45) is 1.71. The van der Waals surface area contributed by atoms with Crippen molar-refractivity contribution in [2.45, 2.75) is 0 Å². The van der Waals surface area contributed by atoms with Crippen LogP contribution in [0.4, 0.5) is 0 Å². The van der Waals surface area contributed by atoms with Crippen molar-refractivity contribution in [2.24, 2.45) is 0 Å². The number of allylic oxidation sites excluding steroid dienone is 1. The van der Waals surface area contributed by atoms with Gasteiger partial charge >= 0.3 is 0 Å². The first-order chi connectivity index (χ1) is 19.1. The minimum Gasteiger partial charge on any atom is -0.454 e. The second-order valence-electron chi connectivity index (χ2n) is 9.78. The Morgan fingerprint density at radius 2 is 1.31 bits per heavy atom. The molecule has 0 unspecified atom stereocenters. The van der Waals surface area contributed by atoms with Crippen molar-refractivity contribution in [3.63, 3.8) is 0 Å². The highest BCUT2D eigenvalue weighted by Crippen LogP contribution is 2.37. The Kier molecular flexibility index (Phi) is 5.31. The van der Waals surface area contributed by atoms with Crippen molar-refractivity contribution < 1.29 is 14.0 Å². The summed E-state index contributed by atoms with van der Waals surface area (Å²) in [6.45, 7) is 0. The van der Waals surface area contributed by atoms with Gasteiger partial charge in [0.1, 0.15) is 13.6 Å². The van der Waals surface area contributed by atoms with Gasteiger partial charge in [-0.05, 0) is 17.7 Å². The first-order valence-corrected chi connectivity index (χ1v) is 12.9. The van der Waals surface area contributed by atoms with Gasteiger partial charge in [-0.1, -0.05) is 103 Å². The molecule has 0 atom stereocenters. The number of hydrogen-bond donors (Lipinski definition) is 0. The molecule has 0 aliphatic heterocycles. The van der Waals surface area contributed by atoms with Crippen molar-refractivity contribution in [1.82, 2.24) is 4.57 Å². The molecule has 0 spiro atoms. The Labute approximate surface area is 226 Å². The highest BCUT2D eigenvalue weighted by Gasteiger charge is 2.33. The smallest absolute Gasteiger partial charge is 0.197 e. The normalized spacial score (nSPS) is 13.9. The number of para-hydroxylation sites is 1. The Balaban J connectivity index is 1.47. The van der Waals surface area contributed by atoms with Crippen LogP contribution >= 0.6 is 0 Å². The predicted molar refractivity (Wildman–Crippen MR) is 158 cm³/mol. The highest BCUT2D eigenvalue weighted by molar-refractivity contribution is 6.43. The molecule has 2 heterocycles. The predicted octanol–water partition coefficient (Wildman–Crippen LogP) is 6.28. The summed E-state index contributed by atoms with van der Waals surface area (Å²) in [7, 11) is 1.92. The number of rotatable bonds is 4. The van der Waals surface area contributed by atoms with E-state index in [9.17, 15) is 9.59 Å². The van der Waals surface area contributed by atoms with Crippen LogP contribution in [0.1, 0.15) is 26.4 Å². The van der Waals surface area contributed by atoms with Gasteiger partial charge in [-0.2, -0.15) is 0 Å². The van der Waals surface area contributed by atoms with Gasteiger partial charge in [-0.15, -0.1) is 0 Å². The Bertz CT molecular complexity index is 1950. The number of Topliss-reactive ketones (excluding diaryl/α,β-unsaturated/α-hetero) is 2. The molecule has 4 aromatic carbocycles. The summed E-state index contributed by atoms with van der Waals surface area (Å²) in [5, 5.41) is 0. The Hall–Kier alpha value is -5.16. The maximum atomic E-state index is 13.4. The van der Waals surface area contributed by atoms with E-state index in [-0.39, 0.29) is 17.1 Å². The third-order valence-corrected chi connectivity index (χ3v) is 7.25. The van der Waals surface area contributed by atoms with Gasteiger partial charge in [0.25, 0.3) is 0 Å². The lowest BCUT2D eigenvalue weighted by Crippen LogP contribution is -2.05. The second-order valence-corrected chi connectivity index (χ2v) is 9.78. The van der Waals surface area contributed by atoms with Crippen molar-refractivity contribution in [3.8, 4) is 28.1 Å². The molecule has 5 heteroatoms. The number of fused-ring (bicyclic) bond motifs is 2. The number of aromatic nitrogens is 1. The number of carbonyl (C=O) groups is 2. The summed E-state index contributed by atoms with van der Waals surface area (Å²) in [4.78, 5) is 26.7. The second kappa shape index (κ2) is 9.00. The number of benzene rings is 4. The van der Waals surface area contributed by atoms with Gasteiger partial charge in [-0.3, -0.25) is 9.59 Å². The zero-order valence-corrected chi connectivity index (χ0v) is 21.2. The van der Waals surface area contributed by atoms with Crippen LogP contribution in [0.5, 0.6) is 0 Å². The summed E-state index contributed by atoms with van der Waals surface area (Å²) in [5.74, 6) is 0.256. The van der Waals surface area contributed by atoms with E-state index < -0.39 is 0 Å². The van der Waals surface area contributed by atoms with E-state index in [1.807, 2.05) is 86.7 Å². The van der Waals surface area contributed by atoms with E-state index in [4.69, 9.17) is 4.42 Å². The van der Waals surface area contributed by atoms with Crippen LogP contribution in [-0.4, -0.2) is 24.0 Å². The van der Waals surface area contributed by atoms with Crippen LogP contribution < -0.4 is 5.46 Å². The van der Waals surface area contributed by atoms with Crippen LogP contribution in [0.3, 0.4) is 0 Å². The van der Waals surface area contributed by atoms with Crippen LogP contribution in [-0.2, 0) is 0 Å². The zero-order valence-electron chi connectivity index (χ0n) is 21.2. The van der Waals surface area contributed by atoms with Gasteiger partial charge in [-0.25, -0.2) is 0 Å². The van der Waals surface area contributed by atoms with Gasteiger partial charge in [0.05, 0.1) is 22.5 Å². The van der Waals surface area contributed by atoms with Gasteiger partial charge in [0, 0.05) is 34.4 Å². The van der Waals surface area contributed by atoms with E-state index in [2.05, 4.69) is 28.8 Å². The fraction of sp³-hybridized carbons (Fsp3) is 0. The standard InChI is InChI=1S/C34H22BNO3/c35-23-15-16-26-27(17-23)34(38)28(33(26)37)18-24-19-32-30(20-31(39-32)22-11-5-2-6-12-22)36(24)29-14-8-7-13-25(29)21-9-3-1-4-10-21/h1-20H,35H2/b28-18-. The molecular weight excluding hydrogens is 481 g/mol. The van der Waals surface area contributed by atoms with Crippen LogP contribution in [0, 0.1) is 0 Å². The van der Waals surface area contributed by atoms with Crippen molar-refractivity contribution in [3.05, 3.63) is 138 Å². The molecule has 7 rings (SSSR count). The molecule has 6 aromatic rings. The molecule has 0 amide bonds. The molecule has 0 saturated heterocycles.